The molecule has 2 aliphatic rings. The summed E-state index contributed by atoms with van der Waals surface area (Å²) in [5, 5.41) is 4.32. The van der Waals surface area contributed by atoms with Crippen LogP contribution in [0.5, 0.6) is 5.88 Å². The van der Waals surface area contributed by atoms with Crippen molar-refractivity contribution in [3.8, 4) is 5.88 Å². The third kappa shape index (κ3) is 4.20. The van der Waals surface area contributed by atoms with Crippen LogP contribution in [0, 0.1) is 6.92 Å². The molecule has 9 heteroatoms. The van der Waals surface area contributed by atoms with Crippen LogP contribution in [0.4, 0.5) is 10.6 Å². The Balaban J connectivity index is 1.37. The van der Waals surface area contributed by atoms with E-state index in [1.165, 1.54) is 11.3 Å². The zero-order chi connectivity index (χ0) is 21.5. The Morgan fingerprint density at radius 2 is 1.90 bits per heavy atom. The summed E-state index contributed by atoms with van der Waals surface area (Å²) in [5.41, 5.74) is 2.90. The molecule has 0 bridgehead atoms. The van der Waals surface area contributed by atoms with Gasteiger partial charge in [0.2, 0.25) is 5.88 Å². The highest BCUT2D eigenvalue weighted by atomic mass is 16.6. The Labute approximate surface area is 177 Å². The largest absolute Gasteiger partial charge is 0.474 e. The highest BCUT2D eigenvalue weighted by Gasteiger charge is 2.29. The molecule has 0 aromatic carbocycles. The molecule has 1 fully saturated rings. The van der Waals surface area contributed by atoms with Gasteiger partial charge in [0.1, 0.15) is 23.9 Å². The van der Waals surface area contributed by atoms with E-state index in [4.69, 9.17) is 9.47 Å². The zero-order valence-corrected chi connectivity index (χ0v) is 18.4. The van der Waals surface area contributed by atoms with Crippen LogP contribution >= 0.6 is 0 Å². The number of anilines is 1. The number of ether oxygens (including phenoxy) is 2. The first-order chi connectivity index (χ1) is 14.2. The molecule has 0 aliphatic carbocycles. The minimum absolute atomic E-state index is 0.0186. The lowest BCUT2D eigenvalue weighted by Crippen LogP contribution is -2.44. The second kappa shape index (κ2) is 7.77. The fraction of sp³-hybridized carbons (Fsp3) is 0.619. The van der Waals surface area contributed by atoms with E-state index in [9.17, 15) is 4.79 Å². The Kier molecular flexibility index (Phi) is 5.29. The van der Waals surface area contributed by atoms with Gasteiger partial charge in [-0.1, -0.05) is 0 Å². The van der Waals surface area contributed by atoms with Crippen LogP contribution in [-0.4, -0.2) is 55.5 Å². The van der Waals surface area contributed by atoms with Gasteiger partial charge in [0, 0.05) is 45.1 Å². The Morgan fingerprint density at radius 3 is 2.57 bits per heavy atom. The molecule has 0 spiro atoms. The van der Waals surface area contributed by atoms with Gasteiger partial charge in [0.25, 0.3) is 0 Å². The smallest absolute Gasteiger partial charge is 0.410 e. The molecule has 0 unspecified atom stereocenters. The van der Waals surface area contributed by atoms with E-state index in [0.717, 1.165) is 37.3 Å². The number of piperidine rings is 1. The molecular weight excluding hydrogens is 384 g/mol. The van der Waals surface area contributed by atoms with Crippen LogP contribution in [0.25, 0.3) is 0 Å². The Morgan fingerprint density at radius 1 is 1.17 bits per heavy atom. The third-order valence-corrected chi connectivity index (χ3v) is 5.53. The molecule has 2 aromatic heterocycles. The Hall–Kier alpha value is -2.84. The number of rotatable bonds is 3. The van der Waals surface area contributed by atoms with E-state index in [0.29, 0.717) is 19.0 Å². The fourth-order valence-electron chi connectivity index (χ4n) is 3.94. The van der Waals surface area contributed by atoms with Crippen molar-refractivity contribution in [2.24, 2.45) is 7.05 Å². The number of nitrogens with zero attached hydrogens (tertiary/aromatic N) is 6. The lowest BCUT2D eigenvalue weighted by atomic mass is 10.1. The maximum atomic E-state index is 12.3. The molecule has 2 aliphatic heterocycles. The molecule has 4 rings (SSSR count). The fourth-order valence-corrected chi connectivity index (χ4v) is 3.94. The number of aromatic nitrogens is 4. The summed E-state index contributed by atoms with van der Waals surface area (Å²) >= 11 is 0. The molecule has 0 radical (unpaired) electrons. The first-order valence-electron chi connectivity index (χ1n) is 10.4. The zero-order valence-electron chi connectivity index (χ0n) is 18.4. The van der Waals surface area contributed by atoms with E-state index in [1.54, 1.807) is 11.2 Å². The SMILES string of the molecule is Cc1c(OC2CCN(C(=O)OC(C)(C)C)CC2)ncnc1N1Cc2cnn(C)c2C1. The van der Waals surface area contributed by atoms with Crippen LogP contribution < -0.4 is 9.64 Å². The van der Waals surface area contributed by atoms with Crippen molar-refractivity contribution in [1.29, 1.82) is 0 Å². The van der Waals surface area contributed by atoms with Crippen molar-refractivity contribution < 1.29 is 14.3 Å². The summed E-state index contributed by atoms with van der Waals surface area (Å²) in [7, 11) is 1.97. The average molecular weight is 415 g/mol. The highest BCUT2D eigenvalue weighted by molar-refractivity contribution is 5.68. The van der Waals surface area contributed by atoms with Gasteiger partial charge in [-0.05, 0) is 27.7 Å². The Bertz CT molecular complexity index is 927. The number of fused-ring (bicyclic) bond motifs is 1. The lowest BCUT2D eigenvalue weighted by Gasteiger charge is -2.33. The number of hydrogen-bond acceptors (Lipinski definition) is 7. The van der Waals surface area contributed by atoms with Gasteiger partial charge in [-0.2, -0.15) is 5.10 Å². The number of amides is 1. The van der Waals surface area contributed by atoms with Crippen molar-refractivity contribution in [3.63, 3.8) is 0 Å². The molecule has 0 N–H and O–H groups in total. The van der Waals surface area contributed by atoms with Gasteiger partial charge in [-0.3, -0.25) is 4.68 Å². The van der Waals surface area contributed by atoms with E-state index >= 15 is 0 Å². The predicted molar refractivity (Wildman–Crippen MR) is 111 cm³/mol. The van der Waals surface area contributed by atoms with E-state index < -0.39 is 5.60 Å². The maximum Gasteiger partial charge on any atom is 0.410 e. The summed E-state index contributed by atoms with van der Waals surface area (Å²) in [6, 6.07) is 0. The van der Waals surface area contributed by atoms with Crippen LogP contribution in [0.15, 0.2) is 12.5 Å². The molecular formula is C21H30N6O3. The topological polar surface area (TPSA) is 85.6 Å². The van der Waals surface area contributed by atoms with Crippen molar-refractivity contribution in [1.82, 2.24) is 24.6 Å². The minimum Gasteiger partial charge on any atom is -0.474 e. The normalized spacial score (nSPS) is 17.2. The van der Waals surface area contributed by atoms with Crippen molar-refractivity contribution in [3.05, 3.63) is 29.3 Å². The van der Waals surface area contributed by atoms with Crippen LogP contribution in [0.1, 0.15) is 50.4 Å². The lowest BCUT2D eigenvalue weighted by molar-refractivity contribution is 0.0122. The molecule has 30 heavy (non-hydrogen) atoms. The van der Waals surface area contributed by atoms with E-state index in [1.807, 2.05) is 45.6 Å². The van der Waals surface area contributed by atoms with Crippen LogP contribution in [-0.2, 0) is 24.9 Å². The number of carbonyl (C=O) groups is 1. The minimum atomic E-state index is -0.482. The van der Waals surface area contributed by atoms with Crippen molar-refractivity contribution in [2.45, 2.75) is 65.3 Å². The average Bonchev–Trinajstić information content (AvgIpc) is 3.25. The molecule has 9 nitrogen and oxygen atoms in total. The quantitative estimate of drug-likeness (QED) is 0.763. The molecule has 162 valence electrons. The molecule has 1 saturated heterocycles. The summed E-state index contributed by atoms with van der Waals surface area (Å²) in [6.45, 7) is 10.4. The molecule has 4 heterocycles. The van der Waals surface area contributed by atoms with Gasteiger partial charge in [-0.15, -0.1) is 0 Å². The predicted octanol–water partition coefficient (Wildman–Crippen LogP) is 2.82. The van der Waals surface area contributed by atoms with Crippen LogP contribution in [0.3, 0.4) is 0 Å². The van der Waals surface area contributed by atoms with Crippen molar-refractivity contribution in [2.75, 3.05) is 18.0 Å². The van der Waals surface area contributed by atoms with Crippen molar-refractivity contribution >= 4 is 11.9 Å². The third-order valence-electron chi connectivity index (χ3n) is 5.53. The summed E-state index contributed by atoms with van der Waals surface area (Å²) in [6.07, 6.45) is 4.74. The monoisotopic (exact) mass is 414 g/mol. The number of carbonyl (C=O) groups excluding carboxylic acids is 1. The molecule has 2 aromatic rings. The first kappa shape index (κ1) is 20.4. The second-order valence-electron chi connectivity index (χ2n) is 9.01. The van der Waals surface area contributed by atoms with E-state index in [-0.39, 0.29) is 12.2 Å². The second-order valence-corrected chi connectivity index (χ2v) is 9.01. The number of likely N-dealkylation sites (tertiary alicyclic amines) is 1. The maximum absolute atomic E-state index is 12.3. The van der Waals surface area contributed by atoms with Gasteiger partial charge in [-0.25, -0.2) is 14.8 Å². The first-order valence-corrected chi connectivity index (χ1v) is 10.4. The summed E-state index contributed by atoms with van der Waals surface area (Å²) < 4.78 is 13.6. The summed E-state index contributed by atoms with van der Waals surface area (Å²) in [5.74, 6) is 1.51. The van der Waals surface area contributed by atoms with Gasteiger partial charge in [0.05, 0.1) is 24.0 Å². The van der Waals surface area contributed by atoms with E-state index in [2.05, 4.69) is 20.0 Å². The van der Waals surface area contributed by atoms with Gasteiger partial charge >= 0.3 is 6.09 Å². The van der Waals surface area contributed by atoms with Crippen LogP contribution in [0.2, 0.25) is 0 Å². The molecule has 0 atom stereocenters. The number of aryl methyl sites for hydroxylation is 1. The number of hydrogen-bond donors (Lipinski definition) is 0. The molecule has 1 amide bonds. The van der Waals surface area contributed by atoms with Gasteiger partial charge < -0.3 is 19.3 Å². The standard InChI is InChI=1S/C21H30N6O3/c1-14-18(27-11-15-10-24-25(5)17(15)12-27)22-13-23-19(14)29-16-6-8-26(9-7-16)20(28)30-21(2,3)4/h10,13,16H,6-9,11-12H2,1-5H3. The highest BCUT2D eigenvalue weighted by Crippen LogP contribution is 2.32. The van der Waals surface area contributed by atoms with Gasteiger partial charge in [0.15, 0.2) is 0 Å². The molecule has 0 saturated carbocycles. The summed E-state index contributed by atoms with van der Waals surface area (Å²) in [4.78, 5) is 25.1.